The molecule has 8 nitrogen and oxygen atoms in total. The molecule has 0 radical (unpaired) electrons. The van der Waals surface area contributed by atoms with Crippen molar-refractivity contribution in [2.24, 2.45) is 13.0 Å². The highest BCUT2D eigenvalue weighted by Gasteiger charge is 2.50. The molecule has 0 aliphatic carbocycles. The molecule has 33 heavy (non-hydrogen) atoms. The summed E-state index contributed by atoms with van der Waals surface area (Å²) < 4.78 is 35.8. The highest BCUT2D eigenvalue weighted by atomic mass is 32.2. The minimum Gasteiger partial charge on any atom is -0.497 e. The van der Waals surface area contributed by atoms with E-state index in [0.29, 0.717) is 13.0 Å². The normalized spacial score (nSPS) is 22.8. The smallest absolute Gasteiger partial charge is 0.262 e. The summed E-state index contributed by atoms with van der Waals surface area (Å²) in [5, 5.41) is 10.2. The Labute approximate surface area is 194 Å². The van der Waals surface area contributed by atoms with Crippen LogP contribution in [-0.2, 0) is 17.1 Å². The van der Waals surface area contributed by atoms with Crippen LogP contribution in [0.5, 0.6) is 5.75 Å². The molecule has 2 aliphatic rings. The summed E-state index contributed by atoms with van der Waals surface area (Å²) in [5.41, 5.74) is 3.87. The van der Waals surface area contributed by atoms with Crippen LogP contribution in [0.25, 0.3) is 11.1 Å². The Morgan fingerprint density at radius 3 is 2.64 bits per heavy atom. The average molecular weight is 469 g/mol. The number of methoxy groups -OCH3 is 1. The Morgan fingerprint density at radius 1 is 1.15 bits per heavy atom. The van der Waals surface area contributed by atoms with Gasteiger partial charge in [0.15, 0.2) is 5.03 Å². The molecule has 1 N–H and O–H groups in total. The molecule has 2 aliphatic heterocycles. The van der Waals surface area contributed by atoms with Crippen molar-refractivity contribution in [1.29, 1.82) is 0 Å². The van der Waals surface area contributed by atoms with Crippen molar-refractivity contribution in [2.45, 2.75) is 23.5 Å². The van der Waals surface area contributed by atoms with Crippen molar-refractivity contribution in [2.75, 3.05) is 32.2 Å². The van der Waals surface area contributed by atoms with Gasteiger partial charge in [-0.25, -0.2) is 13.4 Å². The summed E-state index contributed by atoms with van der Waals surface area (Å²) in [7, 11) is 1.58. The van der Waals surface area contributed by atoms with Crippen LogP contribution >= 0.6 is 0 Å². The van der Waals surface area contributed by atoms with E-state index in [4.69, 9.17) is 4.74 Å². The Morgan fingerprint density at radius 2 is 1.94 bits per heavy atom. The fourth-order valence-electron chi connectivity index (χ4n) is 5.31. The van der Waals surface area contributed by atoms with Crippen LogP contribution in [0, 0.1) is 5.92 Å². The first-order chi connectivity index (χ1) is 15.8. The first kappa shape index (κ1) is 21.9. The van der Waals surface area contributed by atoms with Crippen molar-refractivity contribution in [1.82, 2.24) is 13.9 Å². The second-order valence-electron chi connectivity index (χ2n) is 8.76. The van der Waals surface area contributed by atoms with Crippen LogP contribution in [0.2, 0.25) is 0 Å². The number of aryl methyl sites for hydroxylation is 1. The summed E-state index contributed by atoms with van der Waals surface area (Å²) in [6.07, 6.45) is 3.71. The number of ether oxygens (including phenoxy) is 1. The molecule has 1 aromatic heterocycles. The minimum atomic E-state index is -3.79. The number of rotatable bonds is 5. The van der Waals surface area contributed by atoms with Gasteiger partial charge < -0.3 is 19.3 Å². The number of aliphatic hydroxyl groups is 1. The predicted octanol–water partition coefficient (Wildman–Crippen LogP) is 2.66. The highest BCUT2D eigenvalue weighted by Crippen LogP contribution is 2.51. The van der Waals surface area contributed by atoms with E-state index in [9.17, 15) is 13.5 Å². The lowest BCUT2D eigenvalue weighted by Crippen LogP contribution is -2.48. The summed E-state index contributed by atoms with van der Waals surface area (Å²) in [6.45, 7) is 0.355. The third kappa shape index (κ3) is 3.51. The molecule has 0 bridgehead atoms. The van der Waals surface area contributed by atoms with Gasteiger partial charge in [0.05, 0.1) is 32.1 Å². The van der Waals surface area contributed by atoms with Crippen LogP contribution in [-0.4, -0.2) is 60.7 Å². The van der Waals surface area contributed by atoms with Gasteiger partial charge >= 0.3 is 0 Å². The number of likely N-dealkylation sites (N-methyl/N-ethyl adjacent to an activating group) is 1. The van der Waals surface area contributed by atoms with Gasteiger partial charge in [0.2, 0.25) is 0 Å². The van der Waals surface area contributed by atoms with Crippen LogP contribution in [0.15, 0.2) is 60.0 Å². The molecule has 0 spiro atoms. The van der Waals surface area contributed by atoms with Crippen molar-refractivity contribution in [3.8, 4) is 16.9 Å². The van der Waals surface area contributed by atoms with Gasteiger partial charge in [-0.3, -0.25) is 0 Å². The molecule has 1 saturated heterocycles. The Bertz CT molecular complexity index is 1290. The maximum Gasteiger partial charge on any atom is 0.262 e. The van der Waals surface area contributed by atoms with Crippen molar-refractivity contribution in [3.63, 3.8) is 0 Å². The van der Waals surface area contributed by atoms with Crippen LogP contribution in [0.3, 0.4) is 0 Å². The summed E-state index contributed by atoms with van der Waals surface area (Å²) >= 11 is 0. The number of benzene rings is 2. The molecule has 3 atom stereocenters. The topological polar surface area (TPSA) is 87.9 Å². The lowest BCUT2D eigenvalue weighted by molar-refractivity contribution is 0.193. The largest absolute Gasteiger partial charge is 0.497 e. The van der Waals surface area contributed by atoms with Gasteiger partial charge in [0.1, 0.15) is 5.75 Å². The molecule has 0 amide bonds. The number of hydrogen-bond donors (Lipinski definition) is 1. The number of anilines is 1. The molecule has 174 valence electrons. The number of sulfonamides is 1. The van der Waals surface area contributed by atoms with Gasteiger partial charge in [0.25, 0.3) is 10.0 Å². The third-order valence-electron chi connectivity index (χ3n) is 6.96. The van der Waals surface area contributed by atoms with E-state index in [1.54, 1.807) is 23.0 Å². The second kappa shape index (κ2) is 8.16. The van der Waals surface area contributed by atoms with Crippen LogP contribution in [0.1, 0.15) is 18.0 Å². The van der Waals surface area contributed by atoms with E-state index in [2.05, 4.69) is 16.0 Å². The molecule has 9 heteroatoms. The van der Waals surface area contributed by atoms with Gasteiger partial charge in [0, 0.05) is 38.4 Å². The zero-order valence-corrected chi connectivity index (χ0v) is 19.7. The van der Waals surface area contributed by atoms with E-state index in [-0.39, 0.29) is 29.6 Å². The predicted molar refractivity (Wildman–Crippen MR) is 126 cm³/mol. The molecule has 1 fully saturated rings. The van der Waals surface area contributed by atoms with Crippen LogP contribution < -0.4 is 9.64 Å². The Balaban J connectivity index is 1.64. The number of aliphatic hydroxyl groups excluding tert-OH is 1. The fraction of sp³-hybridized carbons (Fsp3) is 0.375. The van der Waals surface area contributed by atoms with E-state index in [0.717, 1.165) is 28.1 Å². The lowest BCUT2D eigenvalue weighted by atomic mass is 9.81. The van der Waals surface area contributed by atoms with Gasteiger partial charge in [-0.05, 0) is 47.4 Å². The van der Waals surface area contributed by atoms with Gasteiger partial charge in [-0.2, -0.15) is 4.31 Å². The maximum absolute atomic E-state index is 13.6. The van der Waals surface area contributed by atoms with Crippen molar-refractivity contribution >= 4 is 15.7 Å². The van der Waals surface area contributed by atoms with Crippen LogP contribution in [0.4, 0.5) is 5.69 Å². The minimum absolute atomic E-state index is 0.0217. The Hall–Kier alpha value is -2.88. The first-order valence-corrected chi connectivity index (χ1v) is 12.4. The zero-order valence-electron chi connectivity index (χ0n) is 18.9. The number of hydrogen-bond acceptors (Lipinski definition) is 6. The van der Waals surface area contributed by atoms with Crippen molar-refractivity contribution in [3.05, 3.63) is 60.6 Å². The summed E-state index contributed by atoms with van der Waals surface area (Å²) in [6, 6.07) is 13.4. The fourth-order valence-corrected chi connectivity index (χ4v) is 6.94. The molecule has 0 saturated carbocycles. The second-order valence-corrected chi connectivity index (χ2v) is 10.6. The van der Waals surface area contributed by atoms with E-state index in [1.807, 2.05) is 43.4 Å². The quantitative estimate of drug-likeness (QED) is 0.620. The maximum atomic E-state index is 13.6. The van der Waals surface area contributed by atoms with E-state index in [1.165, 1.54) is 12.5 Å². The number of nitrogens with zero attached hydrogens (tertiary/aromatic N) is 4. The van der Waals surface area contributed by atoms with Gasteiger partial charge in [-0.15, -0.1) is 0 Å². The van der Waals surface area contributed by atoms with Crippen molar-refractivity contribution < 1.29 is 18.3 Å². The van der Waals surface area contributed by atoms with E-state index >= 15 is 0 Å². The number of imidazole rings is 1. The third-order valence-corrected chi connectivity index (χ3v) is 8.73. The summed E-state index contributed by atoms with van der Waals surface area (Å²) in [4.78, 5) is 6.21. The molecular weight excluding hydrogens is 440 g/mol. The van der Waals surface area contributed by atoms with E-state index < -0.39 is 10.0 Å². The average Bonchev–Trinajstić information content (AvgIpc) is 3.47. The van der Waals surface area contributed by atoms with Gasteiger partial charge in [-0.1, -0.05) is 18.2 Å². The standard InChI is InChI=1S/C24H28N4O4S/c1-26-13-23(25-15-26)33(30,31)28-10-9-19-22(14-29)27(2)21-8-7-17(12-20(21)24(19)28)16-5-4-6-18(11-16)32-3/h4-8,11-13,15,19,22,24,29H,9-10,14H2,1-3H3/t19-,22+,24-/m0/s1. The first-order valence-electron chi connectivity index (χ1n) is 11.0. The number of aromatic nitrogens is 2. The number of fused-ring (bicyclic) bond motifs is 3. The molecule has 2 aromatic carbocycles. The lowest BCUT2D eigenvalue weighted by Gasteiger charge is -2.44. The monoisotopic (exact) mass is 468 g/mol. The summed E-state index contributed by atoms with van der Waals surface area (Å²) in [5.74, 6) is 0.743. The molecule has 3 heterocycles. The SMILES string of the molecule is COc1cccc(-c2ccc3c(c2)[C@@H]2[C@@H](CCN2S(=O)(=O)c2cn(C)cn2)[C@@H](CO)N3C)c1. The molecular formula is C24H28N4O4S. The highest BCUT2D eigenvalue weighted by molar-refractivity contribution is 7.89. The molecule has 5 rings (SSSR count). The zero-order chi connectivity index (χ0) is 23.3. The molecule has 0 unspecified atom stereocenters. The Kier molecular flexibility index (Phi) is 5.43. The molecule has 3 aromatic rings.